The Morgan fingerprint density at radius 1 is 0.468 bits per heavy atom. The van der Waals surface area contributed by atoms with Gasteiger partial charge in [-0.1, -0.05) is 263 Å². The van der Waals surface area contributed by atoms with Gasteiger partial charge in [0, 0.05) is 12.8 Å². The van der Waals surface area contributed by atoms with Gasteiger partial charge in [-0.2, -0.15) is 0 Å². The fourth-order valence-electron chi connectivity index (χ4n) is 8.17. The second kappa shape index (κ2) is 57.1. The first-order chi connectivity index (χ1) is 38.4. The van der Waals surface area contributed by atoms with Crippen LogP contribution in [0.5, 0.6) is 0 Å². The summed E-state index contributed by atoms with van der Waals surface area (Å²) < 4.78 is 30.3. The summed E-state index contributed by atoms with van der Waals surface area (Å²) in [4.78, 5) is 40.0. The normalized spacial score (nSPS) is 14.7. The maximum atomic E-state index is 13.5. The summed E-state index contributed by atoms with van der Waals surface area (Å²) >= 11 is 0. The van der Waals surface area contributed by atoms with E-state index in [4.69, 9.17) is 13.8 Å². The van der Waals surface area contributed by atoms with Crippen LogP contribution in [0.3, 0.4) is 0 Å². The summed E-state index contributed by atoms with van der Waals surface area (Å²) in [7, 11) is 1.12. The van der Waals surface area contributed by atoms with Crippen molar-refractivity contribution in [2.75, 3.05) is 40.9 Å². The lowest BCUT2D eigenvalue weighted by Crippen LogP contribution is -2.47. The predicted octanol–water partition coefficient (Wildman–Crippen LogP) is 18.8. The Morgan fingerprint density at radius 2 is 0.873 bits per heavy atom. The summed E-state index contributed by atoms with van der Waals surface area (Å²) in [5.41, 5.74) is 0. The summed E-state index contributed by atoms with van der Waals surface area (Å²) in [6.07, 6.45) is 82.4. The molecule has 0 fully saturated rings. The van der Waals surface area contributed by atoms with Gasteiger partial charge in [-0.3, -0.25) is 14.2 Å². The molecule has 0 aliphatic carbocycles. The van der Waals surface area contributed by atoms with E-state index in [0.717, 1.165) is 103 Å². The van der Waals surface area contributed by atoms with Crippen molar-refractivity contribution in [3.63, 3.8) is 0 Å². The number of unbranched alkanes of at least 4 members (excludes halogenated alkanes) is 21. The molecule has 0 aliphatic rings. The fraction of sp³-hybridized carbons (Fsp3) is 0.623. The average Bonchev–Trinajstić information content (AvgIpc) is 3.41. The SMILES string of the molecule is CC\C=C/C=C/C=C/C=C\C=C\C=C\CCCCCC(=O)NC(COP(=O)([O-])OCC[N+](C)(C)C)C(/C=C\CCCCCCCCCCCCC)OC(=O)CCCCCCCCC/C=C\C/C=C\C/C=C\C/C=C\C/C=C\CC. The second-order valence-corrected chi connectivity index (χ2v) is 23.0. The molecule has 0 aromatic carbocycles. The smallest absolute Gasteiger partial charge is 0.306 e. The molecule has 9 nitrogen and oxygen atoms in total. The van der Waals surface area contributed by atoms with Crippen molar-refractivity contribution < 1.29 is 37.3 Å². The number of ether oxygens (including phenoxy) is 1. The third-order valence-electron chi connectivity index (χ3n) is 12.9. The Labute approximate surface area is 485 Å². The van der Waals surface area contributed by atoms with Crippen molar-refractivity contribution in [2.24, 2.45) is 0 Å². The number of esters is 1. The zero-order valence-electron chi connectivity index (χ0n) is 51.0. The van der Waals surface area contributed by atoms with Gasteiger partial charge in [-0.15, -0.1) is 0 Å². The van der Waals surface area contributed by atoms with E-state index < -0.39 is 26.6 Å². The molecule has 0 aliphatic heterocycles. The number of carbonyl (C=O) groups is 2. The molecule has 0 aromatic heterocycles. The van der Waals surface area contributed by atoms with Crippen LogP contribution in [0.4, 0.5) is 0 Å². The van der Waals surface area contributed by atoms with E-state index in [1.165, 1.54) is 77.0 Å². The number of carbonyl (C=O) groups excluding carboxylic acids is 2. The Bertz CT molecular complexity index is 1860. The van der Waals surface area contributed by atoms with Crippen molar-refractivity contribution in [2.45, 2.75) is 238 Å². The van der Waals surface area contributed by atoms with Gasteiger partial charge in [0.1, 0.15) is 19.3 Å². The first-order valence-corrected chi connectivity index (χ1v) is 32.7. The van der Waals surface area contributed by atoms with Crippen molar-refractivity contribution in [1.29, 1.82) is 0 Å². The minimum Gasteiger partial charge on any atom is -0.756 e. The number of nitrogens with zero attached hydrogens (tertiary/aromatic N) is 1. The van der Waals surface area contributed by atoms with Crippen molar-refractivity contribution in [3.8, 4) is 0 Å². The lowest BCUT2D eigenvalue weighted by atomic mass is 10.0. The molecule has 0 radical (unpaired) electrons. The van der Waals surface area contributed by atoms with E-state index >= 15 is 0 Å². The molecule has 0 bridgehead atoms. The number of likely N-dealkylation sites (N-methyl/N-ethyl adjacent to an activating group) is 1. The monoisotopic (exact) mass is 1110 g/mol. The molecule has 0 saturated heterocycles. The quantitative estimate of drug-likeness (QED) is 0.0161. The molecule has 79 heavy (non-hydrogen) atoms. The van der Waals surface area contributed by atoms with Gasteiger partial charge < -0.3 is 28.5 Å². The third kappa shape index (κ3) is 58.4. The number of hydrogen-bond donors (Lipinski definition) is 1. The predicted molar refractivity (Wildman–Crippen MR) is 339 cm³/mol. The zero-order valence-corrected chi connectivity index (χ0v) is 51.9. The number of nitrogens with one attached hydrogen (secondary N) is 1. The van der Waals surface area contributed by atoms with Gasteiger partial charge in [0.25, 0.3) is 7.82 Å². The van der Waals surface area contributed by atoms with E-state index in [9.17, 15) is 19.0 Å². The standard InChI is InChI=1S/C69H115N2O7P/c1-7-10-13-16-19-22-25-28-30-32-33-34-35-36-37-39-41-44-47-50-53-56-59-62-69(73)78-67(60-57-54-51-48-45-42-27-24-21-18-15-12-9-3)66(65-77-79(74,75)76-64-63-71(4,5)6)70-68(72)61-58-55-52-49-46-43-40-38-31-29-26-23-20-17-14-11-8-2/h10-11,13-14,17,19-20,22-23,26,28-31,33-34,36-38,40,43,46,57,60,66-67H,7-9,12,15-16,18,21,24-25,27,32,35,39,41-42,44-45,47-56,58-59,61-65H2,1-6H3,(H-,70,72,74,75)/b13-10-,14-11-,20-17+,22-19-,26-23+,30-28-,31-29-,34-33-,37-36-,40-38+,46-43+,60-57-. The van der Waals surface area contributed by atoms with E-state index in [1.807, 2.05) is 94.1 Å². The summed E-state index contributed by atoms with van der Waals surface area (Å²) in [6, 6.07) is -0.928. The first-order valence-electron chi connectivity index (χ1n) is 31.2. The molecular formula is C69H115N2O7P. The molecule has 0 rings (SSSR count). The molecule has 3 atom stereocenters. The van der Waals surface area contributed by atoms with Gasteiger partial charge in [-0.25, -0.2) is 0 Å². The third-order valence-corrected chi connectivity index (χ3v) is 13.9. The molecule has 0 saturated carbocycles. The Morgan fingerprint density at radius 3 is 1.38 bits per heavy atom. The topological polar surface area (TPSA) is 114 Å². The Balaban J connectivity index is 5.37. The van der Waals surface area contributed by atoms with Crippen LogP contribution >= 0.6 is 7.82 Å². The summed E-state index contributed by atoms with van der Waals surface area (Å²) in [5, 5.41) is 3.00. The van der Waals surface area contributed by atoms with Gasteiger partial charge in [0.05, 0.1) is 33.8 Å². The molecule has 1 amide bonds. The zero-order chi connectivity index (χ0) is 57.9. The van der Waals surface area contributed by atoms with Crippen LogP contribution in [-0.2, 0) is 27.9 Å². The number of phosphoric ester groups is 1. The molecule has 0 spiro atoms. The summed E-state index contributed by atoms with van der Waals surface area (Å²) in [6.45, 7) is 6.52. The molecule has 0 aromatic rings. The van der Waals surface area contributed by atoms with Crippen LogP contribution in [0, 0.1) is 0 Å². The number of phosphoric acid groups is 1. The Hall–Kier alpha value is -4.11. The van der Waals surface area contributed by atoms with E-state index in [0.29, 0.717) is 23.9 Å². The highest BCUT2D eigenvalue weighted by atomic mass is 31.2. The largest absolute Gasteiger partial charge is 0.756 e. The molecular weight excluding hydrogens is 1000 g/mol. The average molecular weight is 1120 g/mol. The van der Waals surface area contributed by atoms with Crippen LogP contribution in [0.15, 0.2) is 146 Å². The minimum absolute atomic E-state index is 0.0422. The van der Waals surface area contributed by atoms with Crippen molar-refractivity contribution in [3.05, 3.63) is 146 Å². The first kappa shape index (κ1) is 74.9. The minimum atomic E-state index is -4.73. The van der Waals surface area contributed by atoms with E-state index in [2.05, 4.69) is 99.0 Å². The maximum absolute atomic E-state index is 13.5. The van der Waals surface area contributed by atoms with Crippen LogP contribution in [-0.4, -0.2) is 69.4 Å². The fourth-order valence-corrected chi connectivity index (χ4v) is 8.89. The van der Waals surface area contributed by atoms with Crippen molar-refractivity contribution in [1.82, 2.24) is 5.32 Å². The van der Waals surface area contributed by atoms with E-state index in [1.54, 1.807) is 0 Å². The number of hydrogen-bond acceptors (Lipinski definition) is 7. The number of allylic oxidation sites excluding steroid dienone is 23. The van der Waals surface area contributed by atoms with Gasteiger partial charge in [0.2, 0.25) is 5.91 Å². The highest BCUT2D eigenvalue weighted by Crippen LogP contribution is 2.38. The van der Waals surface area contributed by atoms with Crippen LogP contribution in [0.25, 0.3) is 0 Å². The molecule has 448 valence electrons. The summed E-state index contributed by atoms with van der Waals surface area (Å²) in [5.74, 6) is -0.616. The highest BCUT2D eigenvalue weighted by Gasteiger charge is 2.27. The molecule has 3 unspecified atom stereocenters. The molecule has 1 N–H and O–H groups in total. The molecule has 10 heteroatoms. The van der Waals surface area contributed by atoms with Crippen molar-refractivity contribution >= 4 is 19.7 Å². The lowest BCUT2D eigenvalue weighted by molar-refractivity contribution is -0.870. The second-order valence-electron chi connectivity index (χ2n) is 21.6. The lowest BCUT2D eigenvalue weighted by Gasteiger charge is -2.30. The number of quaternary nitrogens is 1. The van der Waals surface area contributed by atoms with Gasteiger partial charge in [0.15, 0.2) is 0 Å². The molecule has 0 heterocycles. The van der Waals surface area contributed by atoms with Gasteiger partial charge in [-0.05, 0) is 96.0 Å². The van der Waals surface area contributed by atoms with E-state index in [-0.39, 0.29) is 31.3 Å². The number of rotatable bonds is 54. The van der Waals surface area contributed by atoms with Crippen LogP contribution in [0.2, 0.25) is 0 Å². The highest BCUT2D eigenvalue weighted by molar-refractivity contribution is 7.45. The van der Waals surface area contributed by atoms with Gasteiger partial charge >= 0.3 is 5.97 Å². The van der Waals surface area contributed by atoms with Crippen LogP contribution < -0.4 is 10.2 Å². The maximum Gasteiger partial charge on any atom is 0.306 e. The Kier molecular flexibility index (Phi) is 54.2. The van der Waals surface area contributed by atoms with Crippen LogP contribution in [0.1, 0.15) is 226 Å². The number of amides is 1.